The summed E-state index contributed by atoms with van der Waals surface area (Å²) in [6.45, 7) is 6.47. The third kappa shape index (κ3) is 5.03. The zero-order valence-electron chi connectivity index (χ0n) is 17.6. The standard InChI is InChI=1S/C24H34N4O/c1-19-7-5-6-10-23(19)24-25-15-20(16-26-24)17-27-12-13-28(22(18-27)11-14-29)21-8-3-2-4-9-21/h5-7,10,15-16,21-22,29H,2-4,8-9,11-14,17-18H2,1H3/t22-/m1/s1. The number of hydrogen-bond donors (Lipinski definition) is 1. The Hall–Kier alpha value is -1.82. The van der Waals surface area contributed by atoms with E-state index < -0.39 is 0 Å². The van der Waals surface area contributed by atoms with Gasteiger partial charge in [-0.3, -0.25) is 9.80 Å². The zero-order chi connectivity index (χ0) is 20.1. The maximum Gasteiger partial charge on any atom is 0.159 e. The molecule has 4 rings (SSSR count). The van der Waals surface area contributed by atoms with Gasteiger partial charge >= 0.3 is 0 Å². The van der Waals surface area contributed by atoms with Crippen molar-refractivity contribution in [2.75, 3.05) is 26.2 Å². The van der Waals surface area contributed by atoms with Crippen LogP contribution in [0.4, 0.5) is 0 Å². The van der Waals surface area contributed by atoms with E-state index in [1.807, 2.05) is 24.5 Å². The lowest BCUT2D eigenvalue weighted by molar-refractivity contribution is 0.0136. The van der Waals surface area contributed by atoms with Crippen LogP contribution in [0, 0.1) is 6.92 Å². The largest absolute Gasteiger partial charge is 0.396 e. The van der Waals surface area contributed by atoms with Crippen molar-refractivity contribution < 1.29 is 5.11 Å². The first-order valence-corrected chi connectivity index (χ1v) is 11.2. The quantitative estimate of drug-likeness (QED) is 0.810. The van der Waals surface area contributed by atoms with Crippen molar-refractivity contribution in [3.63, 3.8) is 0 Å². The first-order chi connectivity index (χ1) is 14.2. The van der Waals surface area contributed by atoms with Gasteiger partial charge in [-0.2, -0.15) is 0 Å². The summed E-state index contributed by atoms with van der Waals surface area (Å²) in [4.78, 5) is 14.5. The third-order valence-corrected chi connectivity index (χ3v) is 6.62. The molecule has 1 atom stereocenters. The smallest absolute Gasteiger partial charge is 0.159 e. The SMILES string of the molecule is Cc1ccccc1-c1ncc(CN2CCN(C3CCCCC3)[C@H](CCO)C2)cn1. The van der Waals surface area contributed by atoms with Crippen LogP contribution in [0.25, 0.3) is 11.4 Å². The summed E-state index contributed by atoms with van der Waals surface area (Å²) in [5.74, 6) is 0.798. The molecule has 1 aliphatic heterocycles. The normalized spacial score (nSPS) is 22.1. The van der Waals surface area contributed by atoms with E-state index in [1.165, 1.54) is 37.7 Å². The number of hydrogen-bond acceptors (Lipinski definition) is 5. The molecule has 156 valence electrons. The van der Waals surface area contributed by atoms with Gasteiger partial charge in [0.25, 0.3) is 0 Å². The number of aryl methyl sites for hydroxylation is 1. The first kappa shape index (κ1) is 20.5. The van der Waals surface area contributed by atoms with Crippen molar-refractivity contribution >= 4 is 0 Å². The number of aliphatic hydroxyl groups is 1. The Morgan fingerprint density at radius 3 is 2.52 bits per heavy atom. The lowest BCUT2D eigenvalue weighted by atomic mass is 9.92. The maximum absolute atomic E-state index is 9.61. The highest BCUT2D eigenvalue weighted by Gasteiger charge is 2.32. The van der Waals surface area contributed by atoms with Gasteiger partial charge in [-0.25, -0.2) is 9.97 Å². The summed E-state index contributed by atoms with van der Waals surface area (Å²) in [5.41, 5.74) is 3.46. The minimum Gasteiger partial charge on any atom is -0.396 e. The summed E-state index contributed by atoms with van der Waals surface area (Å²) in [5, 5.41) is 9.61. The van der Waals surface area contributed by atoms with Gasteiger partial charge in [0.2, 0.25) is 0 Å². The van der Waals surface area contributed by atoms with Crippen molar-refractivity contribution in [3.05, 3.63) is 47.8 Å². The molecule has 5 nitrogen and oxygen atoms in total. The minimum atomic E-state index is 0.274. The minimum absolute atomic E-state index is 0.274. The summed E-state index contributed by atoms with van der Waals surface area (Å²) in [6, 6.07) is 9.44. The molecule has 1 N–H and O–H groups in total. The molecule has 2 aliphatic rings. The predicted molar refractivity (Wildman–Crippen MR) is 117 cm³/mol. The highest BCUT2D eigenvalue weighted by Crippen LogP contribution is 2.27. The van der Waals surface area contributed by atoms with Crippen molar-refractivity contribution in [2.24, 2.45) is 0 Å². The Bertz CT molecular complexity index is 773. The molecule has 0 bridgehead atoms. The molecular formula is C24H34N4O. The van der Waals surface area contributed by atoms with E-state index in [-0.39, 0.29) is 6.61 Å². The Morgan fingerprint density at radius 2 is 1.79 bits per heavy atom. The Labute approximate surface area is 174 Å². The second-order valence-corrected chi connectivity index (χ2v) is 8.66. The van der Waals surface area contributed by atoms with Crippen molar-refractivity contribution in [1.82, 2.24) is 19.8 Å². The molecule has 1 aliphatic carbocycles. The zero-order valence-corrected chi connectivity index (χ0v) is 17.6. The number of aromatic nitrogens is 2. The highest BCUT2D eigenvalue weighted by atomic mass is 16.3. The molecule has 1 aromatic heterocycles. The molecule has 1 saturated carbocycles. The van der Waals surface area contributed by atoms with Crippen LogP contribution in [0.5, 0.6) is 0 Å². The van der Waals surface area contributed by atoms with Gasteiger partial charge < -0.3 is 5.11 Å². The van der Waals surface area contributed by atoms with E-state index in [2.05, 4.69) is 38.8 Å². The Kier molecular flexibility index (Phi) is 6.90. The predicted octanol–water partition coefficient (Wildman–Crippen LogP) is 3.65. The molecule has 2 fully saturated rings. The maximum atomic E-state index is 9.61. The fourth-order valence-electron chi connectivity index (χ4n) is 5.03. The van der Waals surface area contributed by atoms with Crippen molar-refractivity contribution in [2.45, 2.75) is 64.1 Å². The van der Waals surface area contributed by atoms with E-state index >= 15 is 0 Å². The van der Waals surface area contributed by atoms with E-state index in [0.29, 0.717) is 6.04 Å². The van der Waals surface area contributed by atoms with Gasteiger partial charge in [-0.05, 0) is 31.7 Å². The molecule has 1 aromatic carbocycles. The van der Waals surface area contributed by atoms with Crippen LogP contribution < -0.4 is 0 Å². The van der Waals surface area contributed by atoms with E-state index in [1.54, 1.807) is 0 Å². The van der Waals surface area contributed by atoms with E-state index in [0.717, 1.165) is 55.6 Å². The highest BCUT2D eigenvalue weighted by molar-refractivity contribution is 5.59. The molecule has 1 saturated heterocycles. The van der Waals surface area contributed by atoms with Crippen LogP contribution in [-0.4, -0.2) is 63.2 Å². The average molecular weight is 395 g/mol. The van der Waals surface area contributed by atoms with Gasteiger partial charge in [-0.15, -0.1) is 0 Å². The van der Waals surface area contributed by atoms with Crippen molar-refractivity contribution in [3.8, 4) is 11.4 Å². The van der Waals surface area contributed by atoms with Crippen LogP contribution >= 0.6 is 0 Å². The van der Waals surface area contributed by atoms with E-state index in [4.69, 9.17) is 0 Å². The Morgan fingerprint density at radius 1 is 1.03 bits per heavy atom. The number of aliphatic hydroxyl groups excluding tert-OH is 1. The lowest BCUT2D eigenvalue weighted by Gasteiger charge is -2.46. The van der Waals surface area contributed by atoms with Crippen molar-refractivity contribution in [1.29, 1.82) is 0 Å². The molecular weight excluding hydrogens is 360 g/mol. The molecule has 0 spiro atoms. The van der Waals surface area contributed by atoms with Gasteiger partial charge in [-0.1, -0.05) is 43.5 Å². The molecule has 0 unspecified atom stereocenters. The first-order valence-electron chi connectivity index (χ1n) is 11.2. The second kappa shape index (κ2) is 9.79. The molecule has 2 heterocycles. The summed E-state index contributed by atoms with van der Waals surface area (Å²) in [6.07, 6.45) is 11.6. The molecule has 0 amide bonds. The molecule has 0 radical (unpaired) electrons. The fraction of sp³-hybridized carbons (Fsp3) is 0.583. The lowest BCUT2D eigenvalue weighted by Crippen LogP contribution is -2.56. The molecule has 5 heteroatoms. The number of rotatable bonds is 6. The van der Waals surface area contributed by atoms with Gasteiger partial charge in [0.15, 0.2) is 5.82 Å². The van der Waals surface area contributed by atoms with Gasteiger partial charge in [0.05, 0.1) is 0 Å². The number of benzene rings is 1. The monoisotopic (exact) mass is 394 g/mol. The average Bonchev–Trinajstić information content (AvgIpc) is 2.76. The topological polar surface area (TPSA) is 52.5 Å². The summed E-state index contributed by atoms with van der Waals surface area (Å²) >= 11 is 0. The molecule has 2 aromatic rings. The van der Waals surface area contributed by atoms with Crippen LogP contribution in [-0.2, 0) is 6.54 Å². The molecule has 29 heavy (non-hydrogen) atoms. The second-order valence-electron chi connectivity index (χ2n) is 8.66. The van der Waals surface area contributed by atoms with Gasteiger partial charge in [0.1, 0.15) is 0 Å². The van der Waals surface area contributed by atoms with Crippen LogP contribution in [0.1, 0.15) is 49.7 Å². The van der Waals surface area contributed by atoms with Crippen LogP contribution in [0.2, 0.25) is 0 Å². The van der Waals surface area contributed by atoms with Crippen LogP contribution in [0.3, 0.4) is 0 Å². The van der Waals surface area contributed by atoms with E-state index in [9.17, 15) is 5.11 Å². The van der Waals surface area contributed by atoms with Gasteiger partial charge in [0, 0.05) is 68.4 Å². The Balaban J connectivity index is 1.39. The number of nitrogens with zero attached hydrogens (tertiary/aromatic N) is 4. The summed E-state index contributed by atoms with van der Waals surface area (Å²) < 4.78 is 0. The summed E-state index contributed by atoms with van der Waals surface area (Å²) in [7, 11) is 0. The van der Waals surface area contributed by atoms with Crippen LogP contribution in [0.15, 0.2) is 36.7 Å². The fourth-order valence-corrected chi connectivity index (χ4v) is 5.03. The third-order valence-electron chi connectivity index (χ3n) is 6.62. The number of piperazine rings is 1.